The molecule has 2 amide bonds. The molecule has 0 aliphatic carbocycles. The average Bonchev–Trinajstić information content (AvgIpc) is 2.81. The van der Waals surface area contributed by atoms with Gasteiger partial charge < -0.3 is 20.7 Å². The number of allylic oxidation sites excluding steroid dienone is 4. The molecule has 1 heterocycles. The predicted octanol–water partition coefficient (Wildman–Crippen LogP) is 2.73. The number of alkyl halides is 1. The van der Waals surface area contributed by atoms with E-state index in [2.05, 4.69) is 33.1 Å². The molecule has 1 aromatic heterocycles. The summed E-state index contributed by atoms with van der Waals surface area (Å²) in [6.07, 6.45) is 7.65. The zero-order valence-electron chi connectivity index (χ0n) is 20.1. The van der Waals surface area contributed by atoms with Gasteiger partial charge in [0.15, 0.2) is 18.9 Å². The molecular formula is C23H38BBrN3O4+. The van der Waals surface area contributed by atoms with Crippen molar-refractivity contribution < 1.29 is 24.2 Å². The van der Waals surface area contributed by atoms with E-state index >= 15 is 0 Å². The Kier molecular flexibility index (Phi) is 19.4. The maximum absolute atomic E-state index is 12.2. The molecule has 7 nitrogen and oxygen atoms in total. The summed E-state index contributed by atoms with van der Waals surface area (Å²) >= 11 is 2.94. The van der Waals surface area contributed by atoms with Gasteiger partial charge in [-0.2, -0.15) is 0 Å². The van der Waals surface area contributed by atoms with Crippen LogP contribution in [0.25, 0.3) is 0 Å². The maximum atomic E-state index is 12.2. The van der Waals surface area contributed by atoms with Gasteiger partial charge in [-0.1, -0.05) is 48.5 Å². The van der Waals surface area contributed by atoms with E-state index in [-0.39, 0.29) is 11.8 Å². The molecule has 9 heteroatoms. The van der Waals surface area contributed by atoms with Crippen molar-refractivity contribution in [3.05, 3.63) is 65.4 Å². The Hall–Kier alpha value is -2.23. The molecule has 0 fully saturated rings. The van der Waals surface area contributed by atoms with Crippen molar-refractivity contribution in [1.82, 2.24) is 10.6 Å². The molecule has 0 atom stereocenters. The highest BCUT2D eigenvalue weighted by atomic mass is 79.9. The van der Waals surface area contributed by atoms with Crippen LogP contribution < -0.4 is 15.2 Å². The lowest BCUT2D eigenvalue weighted by atomic mass is 9.74. The van der Waals surface area contributed by atoms with Crippen LogP contribution in [0.4, 0.5) is 0 Å². The molecule has 0 spiro atoms. The van der Waals surface area contributed by atoms with Crippen LogP contribution in [0.15, 0.2) is 59.9 Å². The minimum absolute atomic E-state index is 0.186. The Balaban J connectivity index is 0. The van der Waals surface area contributed by atoms with Crippen LogP contribution in [0.3, 0.4) is 0 Å². The SMILES string of the molecule is C=C(C)C(=O)NCCCNC(=O)c1cc[n+](CC(=C/C)/C(=C\C)B(O)O)cc1.CBr.CC. The Bertz CT molecular complexity index is 763. The number of hydrogen-bond donors (Lipinski definition) is 4. The number of pyridine rings is 1. The standard InChI is InChI=1S/C20H28BN3O4.C2H6.CH3Br/c1-5-16(18(6-2)21(27)28)14-24-12-8-17(9-13-24)20(26)23-11-7-10-22-19(25)15(3)4;2*1-2/h5-6,8-9,12-13,27-28H,3,7,10-11,14H2,1-2,4H3,(H-,22,23,25,26);1-2H3;1H3/p+1/b16-5-,18-6+;;. The number of aromatic nitrogens is 1. The monoisotopic (exact) mass is 510 g/mol. The highest BCUT2D eigenvalue weighted by molar-refractivity contribution is 9.08. The number of carbonyl (C=O) groups excluding carboxylic acids is 2. The molecule has 0 bridgehead atoms. The fourth-order valence-corrected chi connectivity index (χ4v) is 2.51. The van der Waals surface area contributed by atoms with E-state index in [0.29, 0.717) is 42.7 Å². The average molecular weight is 511 g/mol. The van der Waals surface area contributed by atoms with Gasteiger partial charge in [0.25, 0.3) is 5.91 Å². The van der Waals surface area contributed by atoms with Gasteiger partial charge in [-0.3, -0.25) is 9.59 Å². The molecular weight excluding hydrogens is 473 g/mol. The van der Waals surface area contributed by atoms with E-state index in [0.717, 1.165) is 5.57 Å². The summed E-state index contributed by atoms with van der Waals surface area (Å²) in [5.41, 5.74) is 2.22. The summed E-state index contributed by atoms with van der Waals surface area (Å²) in [4.78, 5) is 23.5. The summed E-state index contributed by atoms with van der Waals surface area (Å²) in [5, 5.41) is 24.4. The van der Waals surface area contributed by atoms with Crippen LogP contribution in [0, 0.1) is 0 Å². The molecule has 32 heavy (non-hydrogen) atoms. The molecule has 1 aromatic rings. The van der Waals surface area contributed by atoms with E-state index in [1.165, 1.54) is 0 Å². The summed E-state index contributed by atoms with van der Waals surface area (Å²) < 4.78 is 1.85. The fourth-order valence-electron chi connectivity index (χ4n) is 2.51. The molecule has 0 radical (unpaired) electrons. The van der Waals surface area contributed by atoms with Gasteiger partial charge in [0.2, 0.25) is 5.91 Å². The molecule has 0 saturated carbocycles. The Morgan fingerprint density at radius 3 is 2.06 bits per heavy atom. The number of carbonyl (C=O) groups is 2. The predicted molar refractivity (Wildman–Crippen MR) is 135 cm³/mol. The van der Waals surface area contributed by atoms with E-state index < -0.39 is 7.12 Å². The quantitative estimate of drug-likeness (QED) is 0.0970. The highest BCUT2D eigenvalue weighted by Crippen LogP contribution is 2.11. The lowest BCUT2D eigenvalue weighted by Gasteiger charge is -2.09. The van der Waals surface area contributed by atoms with Crippen molar-refractivity contribution in [2.75, 3.05) is 18.9 Å². The number of amides is 2. The molecule has 0 aliphatic heterocycles. The third kappa shape index (κ3) is 12.6. The smallest absolute Gasteiger partial charge is 0.423 e. The van der Waals surface area contributed by atoms with Crippen LogP contribution in [0.5, 0.6) is 0 Å². The van der Waals surface area contributed by atoms with Crippen LogP contribution in [0.2, 0.25) is 0 Å². The molecule has 0 unspecified atom stereocenters. The first kappa shape index (κ1) is 32.0. The number of nitrogens with zero attached hydrogens (tertiary/aromatic N) is 1. The number of rotatable bonds is 10. The second-order valence-electron chi connectivity index (χ2n) is 6.34. The third-order valence-electron chi connectivity index (χ3n) is 4.13. The lowest BCUT2D eigenvalue weighted by Crippen LogP contribution is -2.36. The van der Waals surface area contributed by atoms with Gasteiger partial charge in [-0.15, -0.1) is 0 Å². The Labute approximate surface area is 201 Å². The highest BCUT2D eigenvalue weighted by Gasteiger charge is 2.20. The van der Waals surface area contributed by atoms with Gasteiger partial charge in [-0.05, 0) is 38.5 Å². The number of nitrogens with one attached hydrogen (secondary N) is 2. The fraction of sp³-hybridized carbons (Fsp3) is 0.435. The Morgan fingerprint density at radius 1 is 1.09 bits per heavy atom. The van der Waals surface area contributed by atoms with Gasteiger partial charge in [-0.25, -0.2) is 4.57 Å². The van der Waals surface area contributed by atoms with Crippen molar-refractivity contribution >= 4 is 34.9 Å². The second-order valence-corrected chi connectivity index (χ2v) is 6.34. The molecule has 1 rings (SSSR count). The minimum atomic E-state index is -1.53. The first-order valence-electron chi connectivity index (χ1n) is 10.6. The van der Waals surface area contributed by atoms with Crippen molar-refractivity contribution in [3.63, 3.8) is 0 Å². The maximum Gasteiger partial charge on any atom is 0.488 e. The van der Waals surface area contributed by atoms with E-state index in [1.54, 1.807) is 44.4 Å². The third-order valence-corrected chi connectivity index (χ3v) is 4.13. The van der Waals surface area contributed by atoms with Gasteiger partial charge in [0.05, 0.1) is 5.56 Å². The minimum Gasteiger partial charge on any atom is -0.423 e. The number of halogens is 1. The van der Waals surface area contributed by atoms with Gasteiger partial charge in [0.1, 0.15) is 0 Å². The molecule has 0 saturated heterocycles. The lowest BCUT2D eigenvalue weighted by molar-refractivity contribution is -0.688. The van der Waals surface area contributed by atoms with Gasteiger partial charge >= 0.3 is 7.12 Å². The zero-order valence-corrected chi connectivity index (χ0v) is 21.7. The van der Waals surface area contributed by atoms with Crippen LogP contribution in [-0.2, 0) is 11.3 Å². The molecule has 0 aromatic carbocycles. The van der Waals surface area contributed by atoms with Crippen molar-refractivity contribution in [2.45, 2.75) is 47.6 Å². The van der Waals surface area contributed by atoms with Crippen LogP contribution in [-0.4, -0.2) is 47.9 Å². The van der Waals surface area contributed by atoms with Crippen molar-refractivity contribution in [2.24, 2.45) is 0 Å². The second kappa shape index (κ2) is 19.5. The Morgan fingerprint density at radius 2 is 1.62 bits per heavy atom. The molecule has 4 N–H and O–H groups in total. The zero-order chi connectivity index (χ0) is 25.1. The van der Waals surface area contributed by atoms with Crippen LogP contribution in [0.1, 0.15) is 51.4 Å². The normalized spacial score (nSPS) is 10.7. The van der Waals surface area contributed by atoms with E-state index in [1.807, 2.05) is 37.2 Å². The van der Waals surface area contributed by atoms with Crippen molar-refractivity contribution in [3.8, 4) is 0 Å². The summed E-state index contributed by atoms with van der Waals surface area (Å²) in [6, 6.07) is 3.41. The van der Waals surface area contributed by atoms with E-state index in [4.69, 9.17) is 0 Å². The van der Waals surface area contributed by atoms with Gasteiger partial charge in [0, 0.05) is 36.4 Å². The summed E-state index contributed by atoms with van der Waals surface area (Å²) in [7, 11) is -1.53. The molecule has 178 valence electrons. The summed E-state index contributed by atoms with van der Waals surface area (Å²) in [6.45, 7) is 14.2. The topological polar surface area (TPSA) is 103 Å². The largest absolute Gasteiger partial charge is 0.488 e. The molecule has 0 aliphatic rings. The van der Waals surface area contributed by atoms with Crippen LogP contribution >= 0.6 is 15.9 Å². The number of hydrogen-bond acceptors (Lipinski definition) is 4. The van der Waals surface area contributed by atoms with E-state index in [9.17, 15) is 19.6 Å². The first-order chi connectivity index (χ1) is 15.3. The first-order valence-corrected chi connectivity index (χ1v) is 12.2. The summed E-state index contributed by atoms with van der Waals surface area (Å²) in [5.74, 6) is 1.44. The van der Waals surface area contributed by atoms with Crippen molar-refractivity contribution in [1.29, 1.82) is 0 Å².